The van der Waals surface area contributed by atoms with Crippen molar-refractivity contribution in [2.75, 3.05) is 6.54 Å². The molecular formula is C11H15F3N2. The topological polar surface area (TPSA) is 24.9 Å². The lowest BCUT2D eigenvalue weighted by molar-refractivity contribution is -0.140. The zero-order valence-corrected chi connectivity index (χ0v) is 9.30. The third-order valence-electron chi connectivity index (χ3n) is 2.34. The number of nitrogens with one attached hydrogen (secondary N) is 1. The van der Waals surface area contributed by atoms with Gasteiger partial charge in [0.05, 0.1) is 6.42 Å². The fraction of sp³-hybridized carbons (Fsp3) is 0.545. The molecule has 16 heavy (non-hydrogen) atoms. The highest BCUT2D eigenvalue weighted by Gasteiger charge is 2.32. The van der Waals surface area contributed by atoms with Crippen LogP contribution in [-0.4, -0.2) is 17.7 Å². The van der Waals surface area contributed by atoms with Crippen molar-refractivity contribution in [1.82, 2.24) is 10.3 Å². The molecule has 1 unspecified atom stereocenters. The summed E-state index contributed by atoms with van der Waals surface area (Å²) in [6, 6.07) is 1.01. The minimum absolute atomic E-state index is 0.495. The Hall–Kier alpha value is -1.10. The number of aromatic nitrogens is 1. The highest BCUT2D eigenvalue weighted by Crippen LogP contribution is 2.30. The summed E-state index contributed by atoms with van der Waals surface area (Å²) in [5.74, 6) is 0. The second-order valence-corrected chi connectivity index (χ2v) is 3.66. The molecule has 0 fully saturated rings. The first kappa shape index (κ1) is 13.0. The molecular weight excluding hydrogens is 217 g/mol. The lowest BCUT2D eigenvalue weighted by atomic mass is 10.0. The number of hydrogen-bond donors (Lipinski definition) is 1. The number of hydrogen-bond acceptors (Lipinski definition) is 2. The quantitative estimate of drug-likeness (QED) is 0.863. The largest absolute Gasteiger partial charge is 0.390 e. The normalized spacial score (nSPS) is 13.8. The van der Waals surface area contributed by atoms with E-state index in [9.17, 15) is 13.2 Å². The number of halogens is 3. The molecule has 0 aliphatic rings. The van der Waals surface area contributed by atoms with Gasteiger partial charge in [-0.15, -0.1) is 0 Å². The summed E-state index contributed by atoms with van der Waals surface area (Å²) >= 11 is 0. The predicted molar refractivity (Wildman–Crippen MR) is 56.1 cm³/mol. The second kappa shape index (κ2) is 5.30. The summed E-state index contributed by atoms with van der Waals surface area (Å²) in [6.45, 7) is 4.07. The Morgan fingerprint density at radius 2 is 2.12 bits per heavy atom. The lowest BCUT2D eigenvalue weighted by Crippen LogP contribution is -2.27. The third kappa shape index (κ3) is 3.81. The van der Waals surface area contributed by atoms with Gasteiger partial charge in [-0.3, -0.25) is 4.98 Å². The number of aryl methyl sites for hydroxylation is 1. The van der Waals surface area contributed by atoms with Crippen LogP contribution in [0.25, 0.3) is 0 Å². The zero-order chi connectivity index (χ0) is 12.2. The molecule has 0 bridgehead atoms. The highest BCUT2D eigenvalue weighted by atomic mass is 19.4. The van der Waals surface area contributed by atoms with Crippen LogP contribution in [0.5, 0.6) is 0 Å². The maximum Gasteiger partial charge on any atom is 0.390 e. The monoisotopic (exact) mass is 232 g/mol. The maximum atomic E-state index is 12.4. The molecule has 90 valence electrons. The standard InChI is InChI=1S/C11H15F3N2/c1-3-16-10(6-11(12,13)14)9-7-15-5-4-8(9)2/h4-5,7,10,16H,3,6H2,1-2H3. The molecule has 0 spiro atoms. The third-order valence-corrected chi connectivity index (χ3v) is 2.34. The number of rotatable bonds is 4. The zero-order valence-electron chi connectivity index (χ0n) is 9.30. The first-order valence-corrected chi connectivity index (χ1v) is 5.14. The Morgan fingerprint density at radius 3 is 2.62 bits per heavy atom. The molecule has 1 aromatic rings. The van der Waals surface area contributed by atoms with Gasteiger partial charge in [-0.25, -0.2) is 0 Å². The first-order valence-electron chi connectivity index (χ1n) is 5.14. The molecule has 0 radical (unpaired) electrons. The van der Waals surface area contributed by atoms with E-state index >= 15 is 0 Å². The van der Waals surface area contributed by atoms with Crippen molar-refractivity contribution < 1.29 is 13.2 Å². The van der Waals surface area contributed by atoms with Gasteiger partial charge in [-0.05, 0) is 30.7 Å². The fourth-order valence-electron chi connectivity index (χ4n) is 1.61. The average molecular weight is 232 g/mol. The van der Waals surface area contributed by atoms with Gasteiger partial charge in [-0.1, -0.05) is 6.92 Å². The predicted octanol–water partition coefficient (Wildman–Crippen LogP) is 2.99. The van der Waals surface area contributed by atoms with Gasteiger partial charge in [0, 0.05) is 18.4 Å². The van der Waals surface area contributed by atoms with Gasteiger partial charge < -0.3 is 5.32 Å². The van der Waals surface area contributed by atoms with E-state index in [2.05, 4.69) is 10.3 Å². The molecule has 0 saturated heterocycles. The van der Waals surface area contributed by atoms with Crippen LogP contribution < -0.4 is 5.32 Å². The molecule has 0 saturated carbocycles. The molecule has 1 N–H and O–H groups in total. The number of alkyl halides is 3. The summed E-state index contributed by atoms with van der Waals surface area (Å²) in [4.78, 5) is 3.87. The van der Waals surface area contributed by atoms with Crippen molar-refractivity contribution in [3.05, 3.63) is 29.6 Å². The van der Waals surface area contributed by atoms with Crippen LogP contribution >= 0.6 is 0 Å². The van der Waals surface area contributed by atoms with E-state index in [0.29, 0.717) is 12.1 Å². The van der Waals surface area contributed by atoms with Crippen molar-refractivity contribution in [1.29, 1.82) is 0 Å². The van der Waals surface area contributed by atoms with Crippen LogP contribution in [0.3, 0.4) is 0 Å². The Morgan fingerprint density at radius 1 is 1.44 bits per heavy atom. The molecule has 2 nitrogen and oxygen atoms in total. The van der Waals surface area contributed by atoms with Crippen LogP contribution in [0.1, 0.15) is 30.5 Å². The fourth-order valence-corrected chi connectivity index (χ4v) is 1.61. The molecule has 1 rings (SSSR count). The minimum atomic E-state index is -4.17. The van der Waals surface area contributed by atoms with E-state index in [1.165, 1.54) is 6.20 Å². The van der Waals surface area contributed by atoms with Crippen molar-refractivity contribution in [3.8, 4) is 0 Å². The molecule has 1 atom stereocenters. The first-order chi connectivity index (χ1) is 7.44. The van der Waals surface area contributed by atoms with Gasteiger partial charge in [0.1, 0.15) is 0 Å². The molecule has 1 heterocycles. The number of pyridine rings is 1. The average Bonchev–Trinajstić information content (AvgIpc) is 2.16. The Balaban J connectivity index is 2.89. The lowest BCUT2D eigenvalue weighted by Gasteiger charge is -2.21. The summed E-state index contributed by atoms with van der Waals surface area (Å²) in [5, 5.41) is 2.84. The Labute approximate surface area is 92.9 Å². The molecule has 5 heteroatoms. The van der Waals surface area contributed by atoms with Crippen LogP contribution in [0, 0.1) is 6.92 Å². The van der Waals surface area contributed by atoms with E-state index in [4.69, 9.17) is 0 Å². The van der Waals surface area contributed by atoms with Crippen molar-refractivity contribution in [2.24, 2.45) is 0 Å². The van der Waals surface area contributed by atoms with E-state index in [0.717, 1.165) is 5.56 Å². The minimum Gasteiger partial charge on any atom is -0.310 e. The van der Waals surface area contributed by atoms with E-state index in [1.807, 2.05) is 0 Å². The van der Waals surface area contributed by atoms with Crippen LogP contribution in [0.15, 0.2) is 18.5 Å². The summed E-state index contributed by atoms with van der Waals surface area (Å²) in [5.41, 5.74) is 1.44. The smallest absolute Gasteiger partial charge is 0.310 e. The highest BCUT2D eigenvalue weighted by molar-refractivity contribution is 5.25. The van der Waals surface area contributed by atoms with Gasteiger partial charge >= 0.3 is 6.18 Å². The van der Waals surface area contributed by atoms with Gasteiger partial charge in [0.2, 0.25) is 0 Å². The van der Waals surface area contributed by atoms with Crippen molar-refractivity contribution >= 4 is 0 Å². The maximum absolute atomic E-state index is 12.4. The molecule has 1 aromatic heterocycles. The Kier molecular flexibility index (Phi) is 4.29. The summed E-state index contributed by atoms with van der Waals surface area (Å²) < 4.78 is 37.2. The van der Waals surface area contributed by atoms with Gasteiger partial charge in [-0.2, -0.15) is 13.2 Å². The van der Waals surface area contributed by atoms with Crippen molar-refractivity contribution in [2.45, 2.75) is 32.5 Å². The van der Waals surface area contributed by atoms with E-state index in [1.54, 1.807) is 26.1 Å². The summed E-state index contributed by atoms with van der Waals surface area (Å²) in [6.07, 6.45) is -1.97. The Bertz CT molecular complexity index is 336. The van der Waals surface area contributed by atoms with Crippen molar-refractivity contribution in [3.63, 3.8) is 0 Å². The van der Waals surface area contributed by atoms with Crippen LogP contribution in [0.2, 0.25) is 0 Å². The van der Waals surface area contributed by atoms with Gasteiger partial charge in [0.15, 0.2) is 0 Å². The number of nitrogens with zero attached hydrogens (tertiary/aromatic N) is 1. The summed E-state index contributed by atoms with van der Waals surface area (Å²) in [7, 11) is 0. The molecule has 0 aromatic carbocycles. The SMILES string of the molecule is CCNC(CC(F)(F)F)c1cnccc1C. The van der Waals surface area contributed by atoms with Gasteiger partial charge in [0.25, 0.3) is 0 Å². The molecule has 0 amide bonds. The second-order valence-electron chi connectivity index (χ2n) is 3.66. The van der Waals surface area contributed by atoms with Crippen LogP contribution in [-0.2, 0) is 0 Å². The van der Waals surface area contributed by atoms with E-state index in [-0.39, 0.29) is 0 Å². The molecule has 0 aliphatic carbocycles. The van der Waals surface area contributed by atoms with Crippen LogP contribution in [0.4, 0.5) is 13.2 Å². The molecule has 0 aliphatic heterocycles. The van der Waals surface area contributed by atoms with E-state index < -0.39 is 18.6 Å².